The highest BCUT2D eigenvalue weighted by Crippen LogP contribution is 2.08. The number of nitrogens with two attached hydrogens (primary N) is 1. The maximum absolute atomic E-state index is 12.0. The molecule has 2 rings (SSSR count). The molecule has 0 saturated carbocycles. The van der Waals surface area contributed by atoms with Gasteiger partial charge in [-0.2, -0.15) is 0 Å². The summed E-state index contributed by atoms with van der Waals surface area (Å²) in [5.41, 5.74) is 6.49. The Morgan fingerprint density at radius 2 is 1.72 bits per heavy atom. The summed E-state index contributed by atoms with van der Waals surface area (Å²) in [6.45, 7) is 5.08. The zero-order chi connectivity index (χ0) is 16.7. The molecule has 142 valence electrons. The van der Waals surface area contributed by atoms with Gasteiger partial charge < -0.3 is 16.0 Å². The summed E-state index contributed by atoms with van der Waals surface area (Å²) < 4.78 is 0. The van der Waals surface area contributed by atoms with Crippen molar-refractivity contribution in [3.8, 4) is 0 Å². The molecule has 0 aromatic heterocycles. The van der Waals surface area contributed by atoms with Gasteiger partial charge in [-0.05, 0) is 25.5 Å². The molecule has 25 heavy (non-hydrogen) atoms. The van der Waals surface area contributed by atoms with Crippen molar-refractivity contribution in [3.05, 3.63) is 30.3 Å². The SMILES string of the molecule is CC(N)CCC(=O)N1CCN(CC(=O)Nc2ccccc2)CC1.Cl.Cl. The highest BCUT2D eigenvalue weighted by molar-refractivity contribution is 5.92. The fourth-order valence-electron chi connectivity index (χ4n) is 2.59. The average Bonchev–Trinajstić information content (AvgIpc) is 2.54. The van der Waals surface area contributed by atoms with Gasteiger partial charge in [0, 0.05) is 44.3 Å². The molecule has 1 heterocycles. The van der Waals surface area contributed by atoms with E-state index < -0.39 is 0 Å². The Hall–Kier alpha value is -1.34. The first-order valence-electron chi connectivity index (χ1n) is 8.15. The van der Waals surface area contributed by atoms with Gasteiger partial charge in [0.2, 0.25) is 11.8 Å². The van der Waals surface area contributed by atoms with Crippen molar-refractivity contribution in [2.45, 2.75) is 25.8 Å². The molecule has 1 saturated heterocycles. The van der Waals surface area contributed by atoms with Crippen LogP contribution in [0.4, 0.5) is 5.69 Å². The molecule has 3 N–H and O–H groups in total. The van der Waals surface area contributed by atoms with E-state index in [9.17, 15) is 9.59 Å². The number of rotatable bonds is 6. The molecule has 0 radical (unpaired) electrons. The van der Waals surface area contributed by atoms with Gasteiger partial charge in [0.1, 0.15) is 0 Å². The first-order chi connectivity index (χ1) is 11.0. The van der Waals surface area contributed by atoms with E-state index in [1.807, 2.05) is 42.2 Å². The highest BCUT2D eigenvalue weighted by Gasteiger charge is 2.22. The third kappa shape index (κ3) is 8.54. The smallest absolute Gasteiger partial charge is 0.238 e. The second-order valence-corrected chi connectivity index (χ2v) is 6.09. The van der Waals surface area contributed by atoms with E-state index in [1.165, 1.54) is 0 Å². The lowest BCUT2D eigenvalue weighted by atomic mass is 10.1. The van der Waals surface area contributed by atoms with Crippen molar-refractivity contribution in [2.75, 3.05) is 38.0 Å². The number of para-hydroxylation sites is 1. The summed E-state index contributed by atoms with van der Waals surface area (Å²) in [7, 11) is 0. The molecular weight excluding hydrogens is 363 g/mol. The maximum atomic E-state index is 12.0. The molecular formula is C17H28Cl2N4O2. The molecule has 1 aromatic carbocycles. The van der Waals surface area contributed by atoms with Crippen molar-refractivity contribution >= 4 is 42.3 Å². The van der Waals surface area contributed by atoms with Crippen LogP contribution in [0.3, 0.4) is 0 Å². The van der Waals surface area contributed by atoms with Crippen LogP contribution in [0.5, 0.6) is 0 Å². The van der Waals surface area contributed by atoms with Crippen LogP contribution in [0.1, 0.15) is 19.8 Å². The number of hydrogen-bond donors (Lipinski definition) is 2. The van der Waals surface area contributed by atoms with Crippen LogP contribution in [0, 0.1) is 0 Å². The van der Waals surface area contributed by atoms with E-state index in [-0.39, 0.29) is 42.7 Å². The normalized spacial score (nSPS) is 15.5. The van der Waals surface area contributed by atoms with Gasteiger partial charge in [-0.25, -0.2) is 0 Å². The third-order valence-electron chi connectivity index (χ3n) is 3.96. The van der Waals surface area contributed by atoms with Crippen molar-refractivity contribution in [1.82, 2.24) is 9.80 Å². The number of piperazine rings is 1. The van der Waals surface area contributed by atoms with Gasteiger partial charge in [0.25, 0.3) is 0 Å². The molecule has 2 amide bonds. The van der Waals surface area contributed by atoms with Crippen molar-refractivity contribution in [3.63, 3.8) is 0 Å². The Kier molecular flexibility index (Phi) is 11.4. The molecule has 1 unspecified atom stereocenters. The number of nitrogens with one attached hydrogen (secondary N) is 1. The van der Waals surface area contributed by atoms with Crippen molar-refractivity contribution < 1.29 is 9.59 Å². The van der Waals surface area contributed by atoms with Crippen LogP contribution < -0.4 is 11.1 Å². The lowest BCUT2D eigenvalue weighted by Crippen LogP contribution is -2.50. The van der Waals surface area contributed by atoms with E-state index in [0.29, 0.717) is 26.1 Å². The van der Waals surface area contributed by atoms with Gasteiger partial charge >= 0.3 is 0 Å². The minimum absolute atomic E-state index is 0. The fraction of sp³-hybridized carbons (Fsp3) is 0.529. The minimum atomic E-state index is -0.0204. The lowest BCUT2D eigenvalue weighted by molar-refractivity contribution is -0.133. The monoisotopic (exact) mass is 390 g/mol. The Morgan fingerprint density at radius 1 is 1.12 bits per heavy atom. The molecule has 0 aliphatic carbocycles. The number of anilines is 1. The first-order valence-corrected chi connectivity index (χ1v) is 8.15. The Labute approximate surface area is 161 Å². The summed E-state index contributed by atoms with van der Waals surface area (Å²) in [5.74, 6) is 0.142. The van der Waals surface area contributed by atoms with Gasteiger partial charge in [-0.1, -0.05) is 18.2 Å². The molecule has 1 aliphatic heterocycles. The number of hydrogen-bond acceptors (Lipinski definition) is 4. The Morgan fingerprint density at radius 3 is 2.28 bits per heavy atom. The number of carbonyl (C=O) groups excluding carboxylic acids is 2. The number of benzene rings is 1. The van der Waals surface area contributed by atoms with E-state index in [4.69, 9.17) is 5.73 Å². The zero-order valence-electron chi connectivity index (χ0n) is 14.5. The molecule has 1 atom stereocenters. The minimum Gasteiger partial charge on any atom is -0.340 e. The quantitative estimate of drug-likeness (QED) is 0.775. The van der Waals surface area contributed by atoms with Gasteiger partial charge in [0.15, 0.2) is 0 Å². The average molecular weight is 391 g/mol. The topological polar surface area (TPSA) is 78.7 Å². The van der Waals surface area contributed by atoms with E-state index in [1.54, 1.807) is 0 Å². The van der Waals surface area contributed by atoms with Gasteiger partial charge in [0.05, 0.1) is 6.54 Å². The predicted molar refractivity (Wildman–Crippen MR) is 105 cm³/mol. The van der Waals surface area contributed by atoms with Gasteiger partial charge in [-0.15, -0.1) is 24.8 Å². The van der Waals surface area contributed by atoms with Crippen molar-refractivity contribution in [1.29, 1.82) is 0 Å². The van der Waals surface area contributed by atoms with E-state index in [0.717, 1.165) is 25.2 Å². The second-order valence-electron chi connectivity index (χ2n) is 6.09. The summed E-state index contributed by atoms with van der Waals surface area (Å²) in [5, 5.41) is 2.88. The summed E-state index contributed by atoms with van der Waals surface area (Å²) in [6, 6.07) is 9.49. The number of carbonyl (C=O) groups is 2. The summed E-state index contributed by atoms with van der Waals surface area (Å²) in [4.78, 5) is 28.0. The van der Waals surface area contributed by atoms with Crippen LogP contribution in [-0.4, -0.2) is 60.4 Å². The van der Waals surface area contributed by atoms with Crippen molar-refractivity contribution in [2.24, 2.45) is 5.73 Å². The fourth-order valence-corrected chi connectivity index (χ4v) is 2.59. The van der Waals surface area contributed by atoms with Crippen LogP contribution in [0.2, 0.25) is 0 Å². The molecule has 1 aliphatic rings. The van der Waals surface area contributed by atoms with E-state index in [2.05, 4.69) is 10.2 Å². The molecule has 8 heteroatoms. The maximum Gasteiger partial charge on any atom is 0.238 e. The second kappa shape index (κ2) is 12.1. The summed E-state index contributed by atoms with van der Waals surface area (Å²) in [6.07, 6.45) is 1.23. The number of amides is 2. The first kappa shape index (κ1) is 23.7. The lowest BCUT2D eigenvalue weighted by Gasteiger charge is -2.34. The Bertz CT molecular complexity index is 521. The molecule has 0 spiro atoms. The standard InChI is InChI=1S/C17H26N4O2.2ClH/c1-14(18)7-8-17(23)21-11-9-20(10-12-21)13-16(22)19-15-5-3-2-4-6-15;;/h2-6,14H,7-13,18H2,1H3,(H,19,22);2*1H. The largest absolute Gasteiger partial charge is 0.340 e. The van der Waals surface area contributed by atoms with Crippen LogP contribution in [-0.2, 0) is 9.59 Å². The predicted octanol–water partition coefficient (Wildman–Crippen LogP) is 1.74. The molecule has 6 nitrogen and oxygen atoms in total. The zero-order valence-corrected chi connectivity index (χ0v) is 16.2. The molecule has 0 bridgehead atoms. The van der Waals surface area contributed by atoms with Gasteiger partial charge in [-0.3, -0.25) is 14.5 Å². The molecule has 1 fully saturated rings. The third-order valence-corrected chi connectivity index (χ3v) is 3.96. The Balaban J connectivity index is 0.00000288. The van der Waals surface area contributed by atoms with Crippen LogP contribution in [0.25, 0.3) is 0 Å². The number of halogens is 2. The van der Waals surface area contributed by atoms with Crippen LogP contribution >= 0.6 is 24.8 Å². The van der Waals surface area contributed by atoms with E-state index >= 15 is 0 Å². The highest BCUT2D eigenvalue weighted by atomic mass is 35.5. The summed E-state index contributed by atoms with van der Waals surface area (Å²) >= 11 is 0. The van der Waals surface area contributed by atoms with Crippen LogP contribution in [0.15, 0.2) is 30.3 Å². The number of nitrogens with zero attached hydrogens (tertiary/aromatic N) is 2. The molecule has 1 aromatic rings.